The maximum Gasteiger partial charge on any atom is 0.251 e. The number of furan rings is 1. The van der Waals surface area contributed by atoms with Gasteiger partial charge in [-0.05, 0) is 55.0 Å². The molecule has 0 N–H and O–H groups in total. The number of fused-ring (bicyclic) bond motifs is 3. The fourth-order valence-electron chi connectivity index (χ4n) is 6.16. The first-order valence-electron chi connectivity index (χ1n) is 12.8. The SMILES string of the molecule is CC12CCN(c3cc(Br)ccc3-n3cc(-c4cc5ccoc5c(N5CCC(F)(F)CC5)n4)nn3)C(C1)C2. The standard InChI is InChI=1S/C27H27BrF2N6O/c1-26-5-10-35(19(14-26)15-26)23-13-18(28)2-3-22(23)36-16-21(32-33-36)20-12-17-4-11-37-24(17)25(31-20)34-8-6-27(29,30)7-9-34/h2-4,11-13,16,19H,5-10,14-15H2,1H3. The molecule has 1 aliphatic carbocycles. The van der Waals surface area contributed by atoms with Gasteiger partial charge in [-0.15, -0.1) is 5.10 Å². The minimum absolute atomic E-state index is 0.194. The van der Waals surface area contributed by atoms with Gasteiger partial charge < -0.3 is 14.2 Å². The van der Waals surface area contributed by atoms with Gasteiger partial charge in [-0.1, -0.05) is 28.1 Å². The quantitative estimate of drug-likeness (QED) is 0.282. The van der Waals surface area contributed by atoms with E-state index in [1.165, 1.54) is 19.3 Å². The van der Waals surface area contributed by atoms with Crippen molar-refractivity contribution in [2.45, 2.75) is 51.0 Å². The Labute approximate surface area is 221 Å². The Balaban J connectivity index is 1.24. The minimum atomic E-state index is -2.63. The predicted octanol–water partition coefficient (Wildman–Crippen LogP) is 6.45. The number of aromatic nitrogens is 4. The van der Waals surface area contributed by atoms with Crippen molar-refractivity contribution in [3.05, 3.63) is 47.3 Å². The van der Waals surface area contributed by atoms with Crippen molar-refractivity contribution in [1.29, 1.82) is 0 Å². The molecule has 1 saturated carbocycles. The number of hydrogen-bond donors (Lipinski definition) is 0. The first kappa shape index (κ1) is 23.1. The Bertz CT molecular complexity index is 1480. The van der Waals surface area contributed by atoms with Crippen LogP contribution in [0.5, 0.6) is 0 Å². The highest BCUT2D eigenvalue weighted by Gasteiger charge is 2.47. The van der Waals surface area contributed by atoms with Crippen LogP contribution in [0.2, 0.25) is 0 Å². The highest BCUT2D eigenvalue weighted by molar-refractivity contribution is 9.10. The van der Waals surface area contributed by atoms with Crippen LogP contribution >= 0.6 is 15.9 Å². The fraction of sp³-hybridized carbons (Fsp3) is 0.444. The van der Waals surface area contributed by atoms with Crippen LogP contribution in [0.1, 0.15) is 39.0 Å². The highest BCUT2D eigenvalue weighted by atomic mass is 79.9. The molecule has 0 radical (unpaired) electrons. The van der Waals surface area contributed by atoms with E-state index in [0.717, 1.165) is 27.8 Å². The number of halogens is 3. The molecule has 2 bridgehead atoms. The Hall–Kier alpha value is -3.01. The highest BCUT2D eigenvalue weighted by Crippen LogP contribution is 2.52. The number of pyridine rings is 1. The molecular formula is C27H27BrF2N6O. The van der Waals surface area contributed by atoms with E-state index in [9.17, 15) is 8.78 Å². The summed E-state index contributed by atoms with van der Waals surface area (Å²) < 4.78 is 36.1. The molecule has 1 aromatic carbocycles. The average molecular weight is 569 g/mol. The van der Waals surface area contributed by atoms with E-state index in [1.54, 1.807) is 6.26 Å². The van der Waals surface area contributed by atoms with Gasteiger partial charge in [-0.25, -0.2) is 18.4 Å². The van der Waals surface area contributed by atoms with Crippen molar-refractivity contribution in [3.8, 4) is 17.1 Å². The molecule has 3 saturated heterocycles. The molecule has 0 atom stereocenters. The molecule has 8 rings (SSSR count). The molecule has 37 heavy (non-hydrogen) atoms. The number of anilines is 2. The summed E-state index contributed by atoms with van der Waals surface area (Å²) in [6.07, 6.45) is 6.75. The first-order valence-corrected chi connectivity index (χ1v) is 13.6. The Kier molecular flexibility index (Phi) is 5.15. The zero-order chi connectivity index (χ0) is 25.4. The summed E-state index contributed by atoms with van der Waals surface area (Å²) in [6, 6.07) is 10.6. The first-order chi connectivity index (χ1) is 17.8. The Morgan fingerprint density at radius 1 is 1.00 bits per heavy atom. The smallest absolute Gasteiger partial charge is 0.251 e. The fourth-order valence-corrected chi connectivity index (χ4v) is 6.51. The van der Waals surface area contributed by atoms with Gasteiger partial charge in [-0.3, -0.25) is 0 Å². The van der Waals surface area contributed by atoms with Crippen LogP contribution in [-0.4, -0.2) is 51.6 Å². The number of rotatable bonds is 4. The Morgan fingerprint density at radius 3 is 2.57 bits per heavy atom. The van der Waals surface area contributed by atoms with Crippen molar-refractivity contribution in [2.75, 3.05) is 29.4 Å². The normalized spacial score (nSPS) is 24.9. The summed E-state index contributed by atoms with van der Waals surface area (Å²) in [5.41, 5.74) is 4.47. The average Bonchev–Trinajstić information content (AvgIpc) is 3.53. The van der Waals surface area contributed by atoms with Gasteiger partial charge in [0.2, 0.25) is 0 Å². The molecule has 6 heterocycles. The second kappa shape index (κ2) is 8.24. The maximum absolute atomic E-state index is 13.8. The number of piperidine rings is 3. The monoisotopic (exact) mass is 568 g/mol. The largest absolute Gasteiger partial charge is 0.460 e. The van der Waals surface area contributed by atoms with Crippen molar-refractivity contribution in [3.63, 3.8) is 0 Å². The lowest BCUT2D eigenvalue weighted by Gasteiger charge is -2.57. The van der Waals surface area contributed by atoms with E-state index in [-0.39, 0.29) is 25.9 Å². The van der Waals surface area contributed by atoms with Crippen LogP contribution in [0, 0.1) is 5.41 Å². The summed E-state index contributed by atoms with van der Waals surface area (Å²) >= 11 is 3.65. The molecule has 0 amide bonds. The van der Waals surface area contributed by atoms with E-state index in [4.69, 9.17) is 9.40 Å². The van der Waals surface area contributed by atoms with Gasteiger partial charge >= 0.3 is 0 Å². The second-order valence-electron chi connectivity index (χ2n) is 11.0. The molecular weight excluding hydrogens is 542 g/mol. The van der Waals surface area contributed by atoms with Crippen molar-refractivity contribution in [1.82, 2.24) is 20.0 Å². The van der Waals surface area contributed by atoms with E-state index in [0.29, 0.717) is 34.2 Å². The Morgan fingerprint density at radius 2 is 1.81 bits per heavy atom. The third-order valence-corrected chi connectivity index (χ3v) is 8.81. The molecule has 10 heteroatoms. The molecule has 3 aromatic heterocycles. The van der Waals surface area contributed by atoms with Crippen molar-refractivity contribution in [2.24, 2.45) is 5.41 Å². The molecule has 0 unspecified atom stereocenters. The third kappa shape index (κ3) is 4.00. The van der Waals surface area contributed by atoms with Crippen LogP contribution in [0.25, 0.3) is 28.0 Å². The predicted molar refractivity (Wildman–Crippen MR) is 142 cm³/mol. The maximum atomic E-state index is 13.8. The van der Waals surface area contributed by atoms with E-state index in [1.807, 2.05) is 34.0 Å². The number of benzene rings is 1. The summed E-state index contributed by atoms with van der Waals surface area (Å²) in [7, 11) is 0. The van der Waals surface area contributed by atoms with Crippen molar-refractivity contribution < 1.29 is 13.2 Å². The van der Waals surface area contributed by atoms with Crippen molar-refractivity contribution >= 4 is 38.4 Å². The molecule has 0 spiro atoms. The van der Waals surface area contributed by atoms with Crippen LogP contribution in [0.3, 0.4) is 0 Å². The molecule has 3 aliphatic heterocycles. The minimum Gasteiger partial charge on any atom is -0.460 e. The molecule has 7 nitrogen and oxygen atoms in total. The molecule has 4 aliphatic rings. The van der Waals surface area contributed by atoms with Crippen LogP contribution in [0.15, 0.2) is 51.7 Å². The lowest BCUT2D eigenvalue weighted by Crippen LogP contribution is -2.57. The van der Waals surface area contributed by atoms with Crippen LogP contribution < -0.4 is 9.80 Å². The summed E-state index contributed by atoms with van der Waals surface area (Å²) in [6.45, 7) is 3.87. The molecule has 4 aromatic rings. The zero-order valence-corrected chi connectivity index (χ0v) is 22.1. The molecule has 192 valence electrons. The van der Waals surface area contributed by atoms with Gasteiger partial charge in [0, 0.05) is 48.4 Å². The zero-order valence-electron chi connectivity index (χ0n) is 20.5. The van der Waals surface area contributed by atoms with E-state index < -0.39 is 5.92 Å². The van der Waals surface area contributed by atoms with E-state index in [2.05, 4.69) is 50.2 Å². The second-order valence-corrected chi connectivity index (χ2v) is 11.9. The lowest BCUT2D eigenvalue weighted by molar-refractivity contribution is -0.0221. The number of nitrogens with zero attached hydrogens (tertiary/aromatic N) is 6. The van der Waals surface area contributed by atoms with E-state index >= 15 is 0 Å². The van der Waals surface area contributed by atoms with Crippen LogP contribution in [-0.2, 0) is 0 Å². The summed E-state index contributed by atoms with van der Waals surface area (Å²) in [4.78, 5) is 9.22. The topological polar surface area (TPSA) is 63.2 Å². The number of hydrogen-bond acceptors (Lipinski definition) is 6. The number of alkyl halides is 2. The lowest BCUT2D eigenvalue weighted by atomic mass is 9.61. The van der Waals surface area contributed by atoms with Gasteiger partial charge in [-0.2, -0.15) is 0 Å². The summed E-state index contributed by atoms with van der Waals surface area (Å²) in [5.74, 6) is -2.05. The van der Waals surface area contributed by atoms with Crippen LogP contribution in [0.4, 0.5) is 20.3 Å². The van der Waals surface area contributed by atoms with Gasteiger partial charge in [0.05, 0.1) is 29.5 Å². The van der Waals surface area contributed by atoms with Gasteiger partial charge in [0.25, 0.3) is 5.92 Å². The van der Waals surface area contributed by atoms with Gasteiger partial charge in [0.1, 0.15) is 5.69 Å². The molecule has 4 fully saturated rings. The van der Waals surface area contributed by atoms with Gasteiger partial charge in [0.15, 0.2) is 11.4 Å². The summed E-state index contributed by atoms with van der Waals surface area (Å²) in [5, 5.41) is 9.80. The third-order valence-electron chi connectivity index (χ3n) is 8.32.